The van der Waals surface area contributed by atoms with Crippen LogP contribution < -0.4 is 9.64 Å². The fourth-order valence-corrected chi connectivity index (χ4v) is 2.15. The van der Waals surface area contributed by atoms with Crippen LogP contribution in [0, 0.1) is 0 Å². The molecule has 0 amide bonds. The molecule has 0 spiro atoms. The van der Waals surface area contributed by atoms with Gasteiger partial charge in [0.2, 0.25) is 0 Å². The van der Waals surface area contributed by atoms with Crippen LogP contribution in [-0.4, -0.2) is 30.3 Å². The first-order valence-electron chi connectivity index (χ1n) is 5.40. The second kappa shape index (κ2) is 4.45. The molecule has 0 fully saturated rings. The van der Waals surface area contributed by atoms with Gasteiger partial charge in [-0.05, 0) is 19.1 Å². The molecule has 0 radical (unpaired) electrons. The molecule has 4 nitrogen and oxygen atoms in total. The molecule has 5 heteroatoms. The zero-order chi connectivity index (χ0) is 12.6. The monoisotopic (exact) mass is 255 g/mol. The van der Waals surface area contributed by atoms with Crippen LogP contribution in [0.1, 0.15) is 13.3 Å². The summed E-state index contributed by atoms with van der Waals surface area (Å²) in [6, 6.07) is 5.41. The van der Waals surface area contributed by atoms with Crippen molar-refractivity contribution in [1.82, 2.24) is 0 Å². The summed E-state index contributed by atoms with van der Waals surface area (Å²) in [5.74, 6) is -0.218. The van der Waals surface area contributed by atoms with Crippen molar-refractivity contribution in [3.8, 4) is 5.75 Å². The maximum Gasteiger partial charge on any atom is 0.307 e. The summed E-state index contributed by atoms with van der Waals surface area (Å²) < 4.78 is 5.70. The molecule has 0 bridgehead atoms. The summed E-state index contributed by atoms with van der Waals surface area (Å²) in [7, 11) is 1.93. The number of hydrogen-bond donors (Lipinski definition) is 1. The van der Waals surface area contributed by atoms with Gasteiger partial charge in [0, 0.05) is 18.1 Å². The van der Waals surface area contributed by atoms with Crippen LogP contribution in [0.25, 0.3) is 0 Å². The first kappa shape index (κ1) is 12.0. The molecule has 2 atom stereocenters. The van der Waals surface area contributed by atoms with Gasteiger partial charge < -0.3 is 14.7 Å². The van der Waals surface area contributed by atoms with E-state index in [0.29, 0.717) is 10.8 Å². The number of rotatable bonds is 2. The topological polar surface area (TPSA) is 49.8 Å². The third kappa shape index (κ3) is 2.31. The average molecular weight is 256 g/mol. The highest BCUT2D eigenvalue weighted by molar-refractivity contribution is 6.30. The van der Waals surface area contributed by atoms with Gasteiger partial charge in [0.1, 0.15) is 11.9 Å². The molecule has 1 N–H and O–H groups in total. The van der Waals surface area contributed by atoms with Crippen molar-refractivity contribution in [2.45, 2.75) is 25.5 Å². The number of ether oxygens (including phenoxy) is 1. The van der Waals surface area contributed by atoms with Gasteiger partial charge in [0.15, 0.2) is 0 Å². The third-order valence-electron chi connectivity index (χ3n) is 3.10. The Kier molecular flexibility index (Phi) is 3.15. The second-order valence-corrected chi connectivity index (χ2v) is 4.65. The summed E-state index contributed by atoms with van der Waals surface area (Å²) in [4.78, 5) is 12.8. The molecule has 17 heavy (non-hydrogen) atoms. The number of benzene rings is 1. The maximum absolute atomic E-state index is 10.8. The molecule has 2 unspecified atom stereocenters. The number of hydrogen-bond acceptors (Lipinski definition) is 3. The number of halogens is 1. The third-order valence-corrected chi connectivity index (χ3v) is 3.34. The van der Waals surface area contributed by atoms with Crippen molar-refractivity contribution in [3.63, 3.8) is 0 Å². The molecular formula is C12H14ClNO3. The van der Waals surface area contributed by atoms with Crippen molar-refractivity contribution < 1.29 is 14.6 Å². The molecule has 1 aromatic carbocycles. The van der Waals surface area contributed by atoms with Crippen LogP contribution in [0.2, 0.25) is 5.02 Å². The number of aliphatic carboxylic acids is 1. The quantitative estimate of drug-likeness (QED) is 0.882. The number of anilines is 1. The number of carboxylic acids is 1. The van der Waals surface area contributed by atoms with E-state index in [1.807, 2.05) is 24.9 Å². The lowest BCUT2D eigenvalue weighted by molar-refractivity contribution is -0.139. The van der Waals surface area contributed by atoms with E-state index >= 15 is 0 Å². The van der Waals surface area contributed by atoms with Gasteiger partial charge in [0.05, 0.1) is 18.2 Å². The van der Waals surface area contributed by atoms with Crippen LogP contribution >= 0.6 is 11.6 Å². The van der Waals surface area contributed by atoms with Gasteiger partial charge in [-0.25, -0.2) is 0 Å². The Morgan fingerprint density at radius 2 is 2.29 bits per heavy atom. The minimum absolute atomic E-state index is 0.0137. The highest BCUT2D eigenvalue weighted by atomic mass is 35.5. The fraction of sp³-hybridized carbons (Fsp3) is 0.417. The highest BCUT2D eigenvalue weighted by Crippen LogP contribution is 2.37. The lowest BCUT2D eigenvalue weighted by Gasteiger charge is -2.39. The summed E-state index contributed by atoms with van der Waals surface area (Å²) in [6.07, 6.45) is -0.374. The van der Waals surface area contributed by atoms with Crippen molar-refractivity contribution in [2.24, 2.45) is 0 Å². The minimum atomic E-state index is -0.860. The molecule has 92 valence electrons. The molecule has 0 saturated heterocycles. The van der Waals surface area contributed by atoms with Gasteiger partial charge in [-0.2, -0.15) is 0 Å². The van der Waals surface area contributed by atoms with Gasteiger partial charge in [-0.1, -0.05) is 11.6 Å². The first-order chi connectivity index (χ1) is 7.99. The molecule has 2 rings (SSSR count). The first-order valence-corrected chi connectivity index (χ1v) is 5.77. The molecule has 1 heterocycles. The van der Waals surface area contributed by atoms with E-state index in [9.17, 15) is 4.79 Å². The highest BCUT2D eigenvalue weighted by Gasteiger charge is 2.32. The smallest absolute Gasteiger partial charge is 0.307 e. The average Bonchev–Trinajstić information content (AvgIpc) is 2.24. The summed E-state index contributed by atoms with van der Waals surface area (Å²) in [5, 5.41) is 9.43. The Hall–Kier alpha value is -1.42. The van der Waals surface area contributed by atoms with E-state index in [0.717, 1.165) is 5.69 Å². The number of fused-ring (bicyclic) bond motifs is 1. The zero-order valence-corrected chi connectivity index (χ0v) is 10.4. The van der Waals surface area contributed by atoms with Crippen LogP contribution in [-0.2, 0) is 4.79 Å². The normalized spacial score (nSPS) is 22.9. The lowest BCUT2D eigenvalue weighted by atomic mass is 10.0. The molecular weight excluding hydrogens is 242 g/mol. The van der Waals surface area contributed by atoms with Gasteiger partial charge in [-0.15, -0.1) is 0 Å². The van der Waals surface area contributed by atoms with Crippen LogP contribution in [0.15, 0.2) is 18.2 Å². The fourth-order valence-electron chi connectivity index (χ4n) is 1.99. The van der Waals surface area contributed by atoms with Crippen LogP contribution in [0.3, 0.4) is 0 Å². The predicted molar refractivity (Wildman–Crippen MR) is 66.0 cm³/mol. The summed E-state index contributed by atoms with van der Waals surface area (Å²) in [5.41, 5.74) is 0.934. The molecule has 0 aromatic heterocycles. The Morgan fingerprint density at radius 3 is 2.94 bits per heavy atom. The van der Waals surface area contributed by atoms with Crippen molar-refractivity contribution >= 4 is 23.3 Å². The number of nitrogens with zero attached hydrogens (tertiary/aromatic N) is 1. The van der Waals surface area contributed by atoms with Gasteiger partial charge >= 0.3 is 5.97 Å². The van der Waals surface area contributed by atoms with E-state index < -0.39 is 5.97 Å². The maximum atomic E-state index is 10.8. The van der Waals surface area contributed by atoms with Crippen molar-refractivity contribution in [2.75, 3.05) is 11.9 Å². The van der Waals surface area contributed by atoms with Crippen LogP contribution in [0.5, 0.6) is 5.75 Å². The number of carbonyl (C=O) groups is 1. The molecule has 1 aromatic rings. The molecule has 0 aliphatic carbocycles. The van der Waals surface area contributed by atoms with E-state index in [1.165, 1.54) is 0 Å². The van der Waals surface area contributed by atoms with E-state index in [2.05, 4.69) is 0 Å². The Labute approximate surface area is 105 Å². The molecule has 1 aliphatic rings. The number of carboxylic acid groups (broad SMARTS) is 1. The second-order valence-electron chi connectivity index (χ2n) is 4.22. The zero-order valence-electron chi connectivity index (χ0n) is 9.68. The SMILES string of the molecule is CC1C(CC(=O)O)Oc2cc(Cl)ccc2N1C. The predicted octanol–water partition coefficient (Wildman–Crippen LogP) is 2.40. The van der Waals surface area contributed by atoms with E-state index in [4.69, 9.17) is 21.4 Å². The Morgan fingerprint density at radius 1 is 1.59 bits per heavy atom. The largest absolute Gasteiger partial charge is 0.485 e. The Balaban J connectivity index is 2.32. The Bertz CT molecular complexity index is 449. The van der Waals surface area contributed by atoms with E-state index in [-0.39, 0.29) is 18.6 Å². The lowest BCUT2D eigenvalue weighted by Crippen LogP contribution is -2.46. The molecule has 1 aliphatic heterocycles. The summed E-state index contributed by atoms with van der Waals surface area (Å²) >= 11 is 5.90. The van der Waals surface area contributed by atoms with Gasteiger partial charge in [-0.3, -0.25) is 4.79 Å². The van der Waals surface area contributed by atoms with Crippen LogP contribution in [0.4, 0.5) is 5.69 Å². The molecule has 0 saturated carbocycles. The minimum Gasteiger partial charge on any atom is -0.485 e. The number of likely N-dealkylation sites (N-methyl/N-ethyl adjacent to an activating group) is 1. The summed E-state index contributed by atoms with van der Waals surface area (Å²) in [6.45, 7) is 1.95. The van der Waals surface area contributed by atoms with E-state index in [1.54, 1.807) is 12.1 Å². The standard InChI is InChI=1S/C12H14ClNO3/c1-7-10(6-12(15)16)17-11-5-8(13)3-4-9(11)14(7)2/h3-5,7,10H,6H2,1-2H3,(H,15,16). The van der Waals surface area contributed by atoms with Gasteiger partial charge in [0.25, 0.3) is 0 Å². The van der Waals surface area contributed by atoms with Crippen molar-refractivity contribution in [3.05, 3.63) is 23.2 Å². The van der Waals surface area contributed by atoms with Crippen molar-refractivity contribution in [1.29, 1.82) is 0 Å².